The summed E-state index contributed by atoms with van der Waals surface area (Å²) in [6, 6.07) is 2.24. The maximum Gasteiger partial charge on any atom is 0.234 e. The van der Waals surface area contributed by atoms with Crippen LogP contribution in [0, 0.1) is 0 Å². The van der Waals surface area contributed by atoms with E-state index in [9.17, 15) is 0 Å². The average molecular weight is 213 g/mol. The zero-order valence-electron chi connectivity index (χ0n) is 11.8. The second-order valence-corrected chi connectivity index (χ2v) is 5.38. The van der Waals surface area contributed by atoms with Gasteiger partial charge in [0.2, 0.25) is 6.34 Å². The first-order chi connectivity index (χ1) is 6.77. The maximum absolute atomic E-state index is 2.42. The van der Waals surface area contributed by atoms with Crippen LogP contribution in [0.1, 0.15) is 55.4 Å². The molecule has 0 radical (unpaired) electrons. The summed E-state index contributed by atoms with van der Waals surface area (Å²) in [5.41, 5.74) is 0. The number of nitrogens with zero attached hydrogens (tertiary/aromatic N) is 2. The van der Waals surface area contributed by atoms with E-state index in [1.165, 1.54) is 0 Å². The number of rotatable bonds is 5. The van der Waals surface area contributed by atoms with Crippen LogP contribution < -0.4 is 0 Å². The van der Waals surface area contributed by atoms with Gasteiger partial charge in [-0.05, 0) is 55.4 Å². The Kier molecular flexibility index (Phi) is 5.92. The summed E-state index contributed by atoms with van der Waals surface area (Å²) in [4.78, 5) is 2.42. The van der Waals surface area contributed by atoms with Crippen molar-refractivity contribution in [3.05, 3.63) is 0 Å². The summed E-state index contributed by atoms with van der Waals surface area (Å²) in [5.74, 6) is 0. The van der Waals surface area contributed by atoms with Crippen LogP contribution in [-0.2, 0) is 0 Å². The minimum Gasteiger partial charge on any atom is -0.264 e. The lowest BCUT2D eigenvalue weighted by Gasteiger charge is -2.25. The second-order valence-electron chi connectivity index (χ2n) is 5.38. The van der Waals surface area contributed by atoms with Crippen molar-refractivity contribution in [1.29, 1.82) is 0 Å². The molecule has 2 heteroatoms. The molecule has 0 unspecified atom stereocenters. The molecule has 0 rings (SSSR count). The van der Waals surface area contributed by atoms with Gasteiger partial charge in [0.15, 0.2) is 0 Å². The fraction of sp³-hybridized carbons (Fsp3) is 0.923. The van der Waals surface area contributed by atoms with E-state index >= 15 is 0 Å². The third-order valence-electron chi connectivity index (χ3n) is 2.65. The first kappa shape index (κ1) is 14.5. The summed E-state index contributed by atoms with van der Waals surface area (Å²) in [7, 11) is 0. The van der Waals surface area contributed by atoms with Crippen molar-refractivity contribution >= 4 is 6.34 Å². The Morgan fingerprint density at radius 2 is 1.07 bits per heavy atom. The lowest BCUT2D eigenvalue weighted by Crippen LogP contribution is -2.42. The molecule has 0 aromatic carbocycles. The van der Waals surface area contributed by atoms with Crippen LogP contribution in [0.5, 0.6) is 0 Å². The van der Waals surface area contributed by atoms with E-state index in [-0.39, 0.29) is 0 Å². The van der Waals surface area contributed by atoms with Gasteiger partial charge in [0.05, 0.1) is 24.2 Å². The molecule has 2 nitrogen and oxygen atoms in total. The first-order valence-corrected chi connectivity index (χ1v) is 6.17. The lowest BCUT2D eigenvalue weighted by atomic mass is 10.2. The van der Waals surface area contributed by atoms with Gasteiger partial charge in [-0.2, -0.15) is 0 Å². The van der Waals surface area contributed by atoms with E-state index in [1.807, 2.05) is 0 Å². The molecule has 0 amide bonds. The van der Waals surface area contributed by atoms with Gasteiger partial charge >= 0.3 is 0 Å². The largest absolute Gasteiger partial charge is 0.264 e. The molecule has 0 N–H and O–H groups in total. The fourth-order valence-corrected chi connectivity index (χ4v) is 1.88. The molecule has 0 atom stereocenters. The number of hydrogen-bond donors (Lipinski definition) is 0. The summed E-state index contributed by atoms with van der Waals surface area (Å²) < 4.78 is 2.42. The topological polar surface area (TPSA) is 6.25 Å². The van der Waals surface area contributed by atoms with Crippen molar-refractivity contribution in [1.82, 2.24) is 4.90 Å². The van der Waals surface area contributed by atoms with Crippen LogP contribution in [0.4, 0.5) is 0 Å². The quantitative estimate of drug-likeness (QED) is 0.386. The highest BCUT2D eigenvalue weighted by atomic mass is 15.2. The van der Waals surface area contributed by atoms with E-state index in [0.29, 0.717) is 24.2 Å². The summed E-state index contributed by atoms with van der Waals surface area (Å²) >= 11 is 0. The molecular formula is C13H29N2+. The van der Waals surface area contributed by atoms with Gasteiger partial charge in [-0.1, -0.05) is 0 Å². The van der Waals surface area contributed by atoms with E-state index in [0.717, 1.165) is 0 Å². The summed E-state index contributed by atoms with van der Waals surface area (Å²) in [6.07, 6.45) is 2.30. The highest BCUT2D eigenvalue weighted by molar-refractivity contribution is 5.50. The van der Waals surface area contributed by atoms with E-state index in [2.05, 4.69) is 71.2 Å². The van der Waals surface area contributed by atoms with Gasteiger partial charge in [-0.3, -0.25) is 9.48 Å². The molecule has 15 heavy (non-hydrogen) atoms. The highest BCUT2D eigenvalue weighted by Gasteiger charge is 2.19. The molecule has 0 heterocycles. The smallest absolute Gasteiger partial charge is 0.234 e. The van der Waals surface area contributed by atoms with E-state index < -0.39 is 0 Å². The molecule has 0 aliphatic heterocycles. The fourth-order valence-electron chi connectivity index (χ4n) is 1.88. The van der Waals surface area contributed by atoms with Crippen molar-refractivity contribution < 1.29 is 4.58 Å². The number of hydrogen-bond acceptors (Lipinski definition) is 0. The standard InChI is InChI=1S/C13H29N2/c1-10(2)14(11(3)4)9-15(12(5)6)13(7)8/h9-13H,1-8H3/q+1. The Bertz CT molecular complexity index is 185. The van der Waals surface area contributed by atoms with Crippen molar-refractivity contribution in [2.45, 2.75) is 79.6 Å². The van der Waals surface area contributed by atoms with Gasteiger partial charge in [-0.25, -0.2) is 0 Å². The summed E-state index contributed by atoms with van der Waals surface area (Å²) in [5, 5.41) is 0. The Morgan fingerprint density at radius 1 is 0.733 bits per heavy atom. The molecule has 0 saturated heterocycles. The third kappa shape index (κ3) is 4.67. The zero-order chi connectivity index (χ0) is 12.2. The minimum atomic E-state index is 0.560. The molecule has 0 aromatic heterocycles. The summed E-state index contributed by atoms with van der Waals surface area (Å²) in [6.45, 7) is 18.0. The van der Waals surface area contributed by atoms with E-state index in [4.69, 9.17) is 0 Å². The van der Waals surface area contributed by atoms with Crippen LogP contribution in [0.15, 0.2) is 0 Å². The Labute approximate surface area is 96.0 Å². The lowest BCUT2D eigenvalue weighted by molar-refractivity contribution is -0.587. The van der Waals surface area contributed by atoms with Gasteiger partial charge < -0.3 is 0 Å². The molecule has 0 aliphatic carbocycles. The normalized spacial score (nSPS) is 11.7. The Hall–Kier alpha value is -0.530. The average Bonchev–Trinajstić information content (AvgIpc) is 2.01. The van der Waals surface area contributed by atoms with Crippen LogP contribution in [0.3, 0.4) is 0 Å². The maximum atomic E-state index is 2.42. The molecule has 90 valence electrons. The zero-order valence-corrected chi connectivity index (χ0v) is 11.8. The Balaban J connectivity index is 4.91. The van der Waals surface area contributed by atoms with Gasteiger partial charge in [-0.15, -0.1) is 0 Å². The predicted molar refractivity (Wildman–Crippen MR) is 68.7 cm³/mol. The SMILES string of the molecule is CC(C)N(C=[N+](C(C)C)C(C)C)C(C)C. The van der Waals surface area contributed by atoms with Crippen LogP contribution >= 0.6 is 0 Å². The molecule has 0 aromatic rings. The van der Waals surface area contributed by atoms with Crippen molar-refractivity contribution in [3.8, 4) is 0 Å². The molecule has 0 bridgehead atoms. The molecular weight excluding hydrogens is 184 g/mol. The highest BCUT2D eigenvalue weighted by Crippen LogP contribution is 2.04. The van der Waals surface area contributed by atoms with Crippen LogP contribution in [0.2, 0.25) is 0 Å². The molecule has 0 fully saturated rings. The van der Waals surface area contributed by atoms with Crippen molar-refractivity contribution in [3.63, 3.8) is 0 Å². The van der Waals surface area contributed by atoms with Crippen molar-refractivity contribution in [2.75, 3.05) is 0 Å². The third-order valence-corrected chi connectivity index (χ3v) is 2.65. The first-order valence-electron chi connectivity index (χ1n) is 6.17. The van der Waals surface area contributed by atoms with E-state index in [1.54, 1.807) is 0 Å². The van der Waals surface area contributed by atoms with Crippen molar-refractivity contribution in [2.24, 2.45) is 0 Å². The van der Waals surface area contributed by atoms with Gasteiger partial charge in [0, 0.05) is 0 Å². The van der Waals surface area contributed by atoms with Crippen LogP contribution in [0.25, 0.3) is 0 Å². The molecule has 0 saturated carbocycles. The molecule has 0 spiro atoms. The molecule has 0 aliphatic rings. The monoisotopic (exact) mass is 213 g/mol. The predicted octanol–water partition coefficient (Wildman–Crippen LogP) is 2.96. The Morgan fingerprint density at radius 3 is 1.27 bits per heavy atom. The van der Waals surface area contributed by atoms with Gasteiger partial charge in [0.1, 0.15) is 0 Å². The van der Waals surface area contributed by atoms with Gasteiger partial charge in [0.25, 0.3) is 0 Å². The van der Waals surface area contributed by atoms with Crippen LogP contribution in [-0.4, -0.2) is 40.0 Å². The second kappa shape index (κ2) is 6.14. The minimum absolute atomic E-state index is 0.560.